The maximum absolute atomic E-state index is 11.9. The van der Waals surface area contributed by atoms with Crippen LogP contribution in [0.5, 0.6) is 11.5 Å². The molecule has 1 N–H and O–H groups in total. The Bertz CT molecular complexity index is 600. The summed E-state index contributed by atoms with van der Waals surface area (Å²) >= 11 is 0. The molecule has 1 aromatic carbocycles. The number of rotatable bonds is 3. The van der Waals surface area contributed by atoms with Gasteiger partial charge in [-0.25, -0.2) is 0 Å². The van der Waals surface area contributed by atoms with Gasteiger partial charge in [-0.15, -0.1) is 0 Å². The van der Waals surface area contributed by atoms with E-state index in [-0.39, 0.29) is 12.6 Å². The van der Waals surface area contributed by atoms with Crippen molar-refractivity contribution in [1.82, 2.24) is 4.98 Å². The number of allylic oxidation sites excluding steroid dienone is 1. The van der Waals surface area contributed by atoms with E-state index >= 15 is 0 Å². The number of benzene rings is 1. The second kappa shape index (κ2) is 4.41. The smallest absolute Gasteiger partial charge is 0.231 e. The number of ether oxygens (including phenoxy) is 2. The lowest BCUT2D eigenvalue weighted by atomic mass is 10.1. The molecule has 4 nitrogen and oxygen atoms in total. The molecular formula is C14H11NO3. The highest BCUT2D eigenvalue weighted by molar-refractivity contribution is 6.07. The number of H-pyrrole nitrogens is 1. The number of carbonyl (C=O) groups excluding carboxylic acids is 1. The standard InChI is InChI=1S/C14H11NO3/c16-12(5-4-11-2-1-7-15-11)10-3-6-13-14(8-10)18-9-17-13/h1-8,15H,9H2/b5-4+. The predicted octanol–water partition coefficient (Wildman–Crippen LogP) is 2.64. The number of ketones is 1. The minimum Gasteiger partial charge on any atom is -0.454 e. The molecular weight excluding hydrogens is 230 g/mol. The van der Waals surface area contributed by atoms with Crippen LogP contribution < -0.4 is 9.47 Å². The molecule has 1 aliphatic rings. The summed E-state index contributed by atoms with van der Waals surface area (Å²) in [6.45, 7) is 0.214. The van der Waals surface area contributed by atoms with Gasteiger partial charge in [-0.2, -0.15) is 0 Å². The van der Waals surface area contributed by atoms with E-state index in [0.29, 0.717) is 17.1 Å². The Hall–Kier alpha value is -2.49. The molecule has 1 aliphatic heterocycles. The number of hydrogen-bond acceptors (Lipinski definition) is 3. The molecule has 0 saturated heterocycles. The summed E-state index contributed by atoms with van der Waals surface area (Å²) in [4.78, 5) is 14.9. The normalized spacial score (nSPS) is 13.1. The summed E-state index contributed by atoms with van der Waals surface area (Å²) in [6.07, 6.45) is 5.08. The van der Waals surface area contributed by atoms with Gasteiger partial charge in [0.05, 0.1) is 0 Å². The number of fused-ring (bicyclic) bond motifs is 1. The van der Waals surface area contributed by atoms with Gasteiger partial charge in [-0.3, -0.25) is 4.79 Å². The summed E-state index contributed by atoms with van der Waals surface area (Å²) < 4.78 is 10.4. The van der Waals surface area contributed by atoms with Crippen LogP contribution in [0.25, 0.3) is 6.08 Å². The summed E-state index contributed by atoms with van der Waals surface area (Å²) in [5.74, 6) is 1.23. The van der Waals surface area contributed by atoms with Gasteiger partial charge in [0.2, 0.25) is 6.79 Å². The second-order valence-corrected chi connectivity index (χ2v) is 3.89. The minimum atomic E-state index is -0.0668. The lowest BCUT2D eigenvalue weighted by molar-refractivity contribution is 0.104. The van der Waals surface area contributed by atoms with Gasteiger partial charge < -0.3 is 14.5 Å². The number of hydrogen-bond donors (Lipinski definition) is 1. The fourth-order valence-corrected chi connectivity index (χ4v) is 1.76. The molecule has 2 heterocycles. The Balaban J connectivity index is 1.80. The van der Waals surface area contributed by atoms with Gasteiger partial charge in [-0.1, -0.05) is 0 Å². The maximum atomic E-state index is 11.9. The van der Waals surface area contributed by atoms with Crippen LogP contribution in [0.3, 0.4) is 0 Å². The molecule has 0 aliphatic carbocycles. The molecule has 3 rings (SSSR count). The van der Waals surface area contributed by atoms with Gasteiger partial charge in [-0.05, 0) is 42.5 Å². The zero-order valence-electron chi connectivity index (χ0n) is 9.55. The van der Waals surface area contributed by atoms with E-state index in [1.54, 1.807) is 24.3 Å². The Labute approximate surface area is 104 Å². The van der Waals surface area contributed by atoms with Crippen molar-refractivity contribution >= 4 is 11.9 Å². The van der Waals surface area contributed by atoms with Crippen LogP contribution in [0.1, 0.15) is 16.1 Å². The Morgan fingerprint density at radius 3 is 2.94 bits per heavy atom. The zero-order valence-corrected chi connectivity index (χ0v) is 9.55. The molecule has 0 amide bonds. The fraction of sp³-hybridized carbons (Fsp3) is 0.0714. The van der Waals surface area contributed by atoms with Crippen LogP contribution in [0.2, 0.25) is 0 Å². The number of nitrogens with one attached hydrogen (secondary N) is 1. The van der Waals surface area contributed by atoms with Gasteiger partial charge in [0, 0.05) is 17.5 Å². The quantitative estimate of drug-likeness (QED) is 0.664. The highest BCUT2D eigenvalue weighted by Gasteiger charge is 2.14. The van der Waals surface area contributed by atoms with Crippen molar-refractivity contribution in [2.24, 2.45) is 0 Å². The summed E-state index contributed by atoms with van der Waals surface area (Å²) in [7, 11) is 0. The van der Waals surface area contributed by atoms with Crippen molar-refractivity contribution in [2.45, 2.75) is 0 Å². The van der Waals surface area contributed by atoms with Crippen molar-refractivity contribution in [3.05, 3.63) is 53.9 Å². The molecule has 1 aromatic heterocycles. The first kappa shape index (κ1) is 10.7. The minimum absolute atomic E-state index is 0.0668. The Morgan fingerprint density at radius 1 is 1.22 bits per heavy atom. The maximum Gasteiger partial charge on any atom is 0.231 e. The first-order chi connectivity index (χ1) is 8.83. The third-order valence-corrected chi connectivity index (χ3v) is 2.69. The van der Waals surface area contributed by atoms with Crippen molar-refractivity contribution in [3.8, 4) is 11.5 Å². The van der Waals surface area contributed by atoms with Crippen LogP contribution in [0.4, 0.5) is 0 Å². The van der Waals surface area contributed by atoms with Crippen molar-refractivity contribution < 1.29 is 14.3 Å². The summed E-state index contributed by atoms with van der Waals surface area (Å²) in [6, 6.07) is 8.95. The molecule has 0 atom stereocenters. The average Bonchev–Trinajstić information content (AvgIpc) is 3.05. The third kappa shape index (κ3) is 2.00. The molecule has 0 unspecified atom stereocenters. The molecule has 4 heteroatoms. The predicted molar refractivity (Wildman–Crippen MR) is 66.7 cm³/mol. The van der Waals surface area contributed by atoms with E-state index in [0.717, 1.165) is 5.69 Å². The number of aromatic nitrogens is 1. The van der Waals surface area contributed by atoms with Crippen molar-refractivity contribution in [2.75, 3.05) is 6.79 Å². The molecule has 0 saturated carbocycles. The van der Waals surface area contributed by atoms with E-state index in [1.807, 2.05) is 18.3 Å². The highest BCUT2D eigenvalue weighted by atomic mass is 16.7. The van der Waals surface area contributed by atoms with Crippen molar-refractivity contribution in [1.29, 1.82) is 0 Å². The van der Waals surface area contributed by atoms with E-state index in [4.69, 9.17) is 9.47 Å². The fourth-order valence-electron chi connectivity index (χ4n) is 1.76. The lowest BCUT2D eigenvalue weighted by Crippen LogP contribution is -1.94. The molecule has 0 bridgehead atoms. The monoisotopic (exact) mass is 241 g/mol. The Morgan fingerprint density at radius 2 is 2.11 bits per heavy atom. The summed E-state index contributed by atoms with van der Waals surface area (Å²) in [5, 5.41) is 0. The largest absolute Gasteiger partial charge is 0.454 e. The van der Waals surface area contributed by atoms with Crippen LogP contribution in [-0.2, 0) is 0 Å². The van der Waals surface area contributed by atoms with Gasteiger partial charge >= 0.3 is 0 Å². The van der Waals surface area contributed by atoms with Crippen LogP contribution in [0, 0.1) is 0 Å². The van der Waals surface area contributed by atoms with E-state index in [9.17, 15) is 4.79 Å². The average molecular weight is 241 g/mol. The van der Waals surface area contributed by atoms with Crippen LogP contribution >= 0.6 is 0 Å². The first-order valence-corrected chi connectivity index (χ1v) is 5.58. The Kier molecular flexibility index (Phi) is 2.61. The van der Waals surface area contributed by atoms with E-state index in [2.05, 4.69) is 4.98 Å². The topological polar surface area (TPSA) is 51.3 Å². The number of carbonyl (C=O) groups is 1. The van der Waals surface area contributed by atoms with E-state index < -0.39 is 0 Å². The zero-order chi connectivity index (χ0) is 12.4. The SMILES string of the molecule is O=C(/C=C/c1ccc[nH]1)c1ccc2c(c1)OCO2. The first-order valence-electron chi connectivity index (χ1n) is 5.58. The third-order valence-electron chi connectivity index (χ3n) is 2.69. The molecule has 0 fully saturated rings. The van der Waals surface area contributed by atoms with Crippen LogP contribution in [-0.4, -0.2) is 17.6 Å². The molecule has 2 aromatic rings. The van der Waals surface area contributed by atoms with Crippen LogP contribution in [0.15, 0.2) is 42.6 Å². The molecule has 0 radical (unpaired) electrons. The molecule has 0 spiro atoms. The highest BCUT2D eigenvalue weighted by Crippen LogP contribution is 2.32. The van der Waals surface area contributed by atoms with Gasteiger partial charge in [0.15, 0.2) is 17.3 Å². The second-order valence-electron chi connectivity index (χ2n) is 3.89. The molecule has 90 valence electrons. The number of aromatic amines is 1. The molecule has 18 heavy (non-hydrogen) atoms. The van der Waals surface area contributed by atoms with Gasteiger partial charge in [0.25, 0.3) is 0 Å². The van der Waals surface area contributed by atoms with E-state index in [1.165, 1.54) is 6.08 Å². The van der Waals surface area contributed by atoms with Crippen molar-refractivity contribution in [3.63, 3.8) is 0 Å². The van der Waals surface area contributed by atoms with Gasteiger partial charge in [0.1, 0.15) is 0 Å². The summed E-state index contributed by atoms with van der Waals surface area (Å²) in [5.41, 5.74) is 1.48. The lowest BCUT2D eigenvalue weighted by Gasteiger charge is -1.98.